The number of carbonyl (C=O) groups excluding carboxylic acids is 2. The van der Waals surface area contributed by atoms with Gasteiger partial charge in [0, 0.05) is 17.8 Å². The molecule has 1 amide bonds. The van der Waals surface area contributed by atoms with Crippen molar-refractivity contribution in [2.75, 3.05) is 5.32 Å². The van der Waals surface area contributed by atoms with Crippen LogP contribution in [0.4, 0.5) is 5.69 Å². The van der Waals surface area contributed by atoms with Gasteiger partial charge in [-0.15, -0.1) is 0 Å². The molecule has 1 aliphatic heterocycles. The summed E-state index contributed by atoms with van der Waals surface area (Å²) in [5.41, 5.74) is 4.44. The van der Waals surface area contributed by atoms with Gasteiger partial charge < -0.3 is 15.1 Å². The topological polar surface area (TPSA) is 125 Å². The zero-order valence-electron chi connectivity index (χ0n) is 19.3. The van der Waals surface area contributed by atoms with Gasteiger partial charge in [-0.3, -0.25) is 9.80 Å². The second-order valence-corrected chi connectivity index (χ2v) is 9.40. The summed E-state index contributed by atoms with van der Waals surface area (Å²) in [5.74, 6) is -0.163. The number of amides is 1. The summed E-state index contributed by atoms with van der Waals surface area (Å²) in [5, 5.41) is 9.46. The minimum absolute atomic E-state index is 0.0107. The second kappa shape index (κ2) is 11.1. The van der Waals surface area contributed by atoms with E-state index in [-0.39, 0.29) is 23.6 Å². The van der Waals surface area contributed by atoms with E-state index in [0.29, 0.717) is 24.3 Å². The Bertz CT molecular complexity index is 1260. The smallest absolute Gasteiger partial charge is 0.275 e. The molecule has 0 spiro atoms. The average Bonchev–Trinajstić information content (AvgIpc) is 3.40. The van der Waals surface area contributed by atoms with E-state index >= 15 is 0 Å². The van der Waals surface area contributed by atoms with Crippen molar-refractivity contribution < 1.29 is 18.0 Å². The van der Waals surface area contributed by atoms with E-state index in [1.54, 1.807) is 17.1 Å². The molecule has 2 aromatic carbocycles. The Morgan fingerprint density at radius 3 is 2.46 bits per heavy atom. The van der Waals surface area contributed by atoms with Crippen LogP contribution in [0.1, 0.15) is 46.9 Å². The molecule has 0 bridgehead atoms. The first-order valence-electron chi connectivity index (χ1n) is 11.4. The number of benzene rings is 2. The van der Waals surface area contributed by atoms with Crippen molar-refractivity contribution in [1.29, 1.82) is 0 Å². The Balaban J connectivity index is 1.52. The van der Waals surface area contributed by atoms with Gasteiger partial charge in [0.05, 0.1) is 24.3 Å². The number of thiol groups is 1. The molecule has 2 atom stereocenters. The molecule has 1 aromatic heterocycles. The van der Waals surface area contributed by atoms with Crippen LogP contribution < -0.4 is 5.32 Å². The maximum Gasteiger partial charge on any atom is 0.275 e. The van der Waals surface area contributed by atoms with Crippen molar-refractivity contribution in [3.8, 4) is 0 Å². The van der Waals surface area contributed by atoms with E-state index in [1.165, 1.54) is 12.5 Å². The number of rotatable bonds is 9. The minimum Gasteiger partial charge on any atom is -0.350 e. The van der Waals surface area contributed by atoms with Crippen molar-refractivity contribution in [3.05, 3.63) is 83.4 Å². The quantitative estimate of drug-likeness (QED) is 0.311. The second-order valence-electron chi connectivity index (χ2n) is 8.42. The number of nitrogens with one attached hydrogen (secondary N) is 2. The summed E-state index contributed by atoms with van der Waals surface area (Å²) in [4.78, 5) is 30.7. The molecule has 1 aliphatic rings. The highest BCUT2D eigenvalue weighted by Crippen LogP contribution is 2.28. The number of hydrazone groups is 1. The molecular formula is C25H27N5O4S. The third kappa shape index (κ3) is 6.02. The Hall–Kier alpha value is -3.79. The van der Waals surface area contributed by atoms with Crippen LogP contribution in [0.3, 0.4) is 0 Å². The standard InChI is InChI=1S/C25H27N5O4S/c1-2-19-11-22(14-31)30(29-24(19)20-7-3-18(4-8-20)15-35(33)34)13-17-5-9-21(10-6-17)28-25(32)23-12-26-16-27-23/h3-10,12,14,16,19,22,35H,2,11,13,15H2,1H3,(H,26,27)(H,28,32). The lowest BCUT2D eigenvalue weighted by Gasteiger charge is -2.35. The number of anilines is 1. The van der Waals surface area contributed by atoms with Crippen molar-refractivity contribution in [2.45, 2.75) is 38.1 Å². The molecule has 2 N–H and O–H groups in total. The van der Waals surface area contributed by atoms with E-state index in [2.05, 4.69) is 22.2 Å². The molecule has 10 heteroatoms. The van der Waals surface area contributed by atoms with Crippen LogP contribution in [0.2, 0.25) is 0 Å². The number of hydrogen-bond donors (Lipinski definition) is 3. The van der Waals surface area contributed by atoms with Gasteiger partial charge in [-0.25, -0.2) is 13.4 Å². The van der Waals surface area contributed by atoms with E-state index in [0.717, 1.165) is 35.1 Å². The summed E-state index contributed by atoms with van der Waals surface area (Å²) in [7, 11) is -2.48. The summed E-state index contributed by atoms with van der Waals surface area (Å²) in [6, 6.07) is 14.5. The number of aldehydes is 1. The molecule has 9 nitrogen and oxygen atoms in total. The fourth-order valence-corrected chi connectivity index (χ4v) is 4.65. The molecule has 2 unspecified atom stereocenters. The highest BCUT2D eigenvalue weighted by atomic mass is 32.2. The van der Waals surface area contributed by atoms with Crippen LogP contribution in [-0.4, -0.2) is 47.3 Å². The predicted octanol–water partition coefficient (Wildman–Crippen LogP) is 2.98. The van der Waals surface area contributed by atoms with E-state index in [4.69, 9.17) is 5.10 Å². The highest BCUT2D eigenvalue weighted by Gasteiger charge is 2.30. The van der Waals surface area contributed by atoms with Gasteiger partial charge in [-0.05, 0) is 41.7 Å². The molecule has 0 fully saturated rings. The molecule has 182 valence electrons. The van der Waals surface area contributed by atoms with Crippen LogP contribution in [0, 0.1) is 5.92 Å². The number of aromatic nitrogens is 2. The number of hydrogen-bond acceptors (Lipinski definition) is 7. The Morgan fingerprint density at radius 1 is 1.14 bits per heavy atom. The van der Waals surface area contributed by atoms with Crippen LogP contribution in [0.5, 0.6) is 0 Å². The van der Waals surface area contributed by atoms with E-state index in [1.807, 2.05) is 36.4 Å². The van der Waals surface area contributed by atoms with Gasteiger partial charge in [0.1, 0.15) is 28.7 Å². The van der Waals surface area contributed by atoms with Crippen LogP contribution >= 0.6 is 0 Å². The van der Waals surface area contributed by atoms with Gasteiger partial charge in [-0.1, -0.05) is 43.3 Å². The third-order valence-electron chi connectivity index (χ3n) is 6.03. The van der Waals surface area contributed by atoms with Gasteiger partial charge in [-0.2, -0.15) is 5.10 Å². The molecule has 4 rings (SSSR count). The number of aromatic amines is 1. The Kier molecular flexibility index (Phi) is 7.71. The largest absolute Gasteiger partial charge is 0.350 e. The average molecular weight is 494 g/mol. The summed E-state index contributed by atoms with van der Waals surface area (Å²) >= 11 is 0. The van der Waals surface area contributed by atoms with Gasteiger partial charge in [0.2, 0.25) is 0 Å². The normalized spacial score (nSPS) is 17.8. The number of imidazole rings is 1. The summed E-state index contributed by atoms with van der Waals surface area (Å²) in [6.07, 6.45) is 5.41. The predicted molar refractivity (Wildman–Crippen MR) is 134 cm³/mol. The lowest BCUT2D eigenvalue weighted by molar-refractivity contribution is -0.113. The SMILES string of the molecule is CCC1CC(C=O)N(Cc2ccc(NC(=O)c3c[nH]cn3)cc2)N=C1c1ccc(C[SH](=O)=O)cc1. The maximum absolute atomic E-state index is 12.2. The lowest BCUT2D eigenvalue weighted by Crippen LogP contribution is -2.41. The van der Waals surface area contributed by atoms with Crippen LogP contribution in [0.15, 0.2) is 66.2 Å². The number of carbonyl (C=O) groups is 2. The van der Waals surface area contributed by atoms with Gasteiger partial charge in [0.25, 0.3) is 5.91 Å². The lowest BCUT2D eigenvalue weighted by atomic mass is 9.87. The summed E-state index contributed by atoms with van der Waals surface area (Å²) < 4.78 is 22.0. The molecule has 0 saturated heterocycles. The third-order valence-corrected chi connectivity index (χ3v) is 6.65. The Labute approximate surface area is 205 Å². The van der Waals surface area contributed by atoms with E-state index < -0.39 is 10.7 Å². The number of nitrogens with zero attached hydrogens (tertiary/aromatic N) is 3. The first kappa shape index (κ1) is 24.3. The molecule has 0 aliphatic carbocycles. The highest BCUT2D eigenvalue weighted by molar-refractivity contribution is 7.71. The molecular weight excluding hydrogens is 466 g/mol. The zero-order valence-corrected chi connectivity index (χ0v) is 20.2. The fraction of sp³-hybridized carbons (Fsp3) is 0.280. The van der Waals surface area contributed by atoms with Crippen molar-refractivity contribution in [2.24, 2.45) is 11.0 Å². The zero-order chi connectivity index (χ0) is 24.8. The molecule has 35 heavy (non-hydrogen) atoms. The van der Waals surface area contributed by atoms with Crippen molar-refractivity contribution >= 4 is 34.3 Å². The molecule has 3 aromatic rings. The molecule has 2 heterocycles. The maximum atomic E-state index is 12.2. The summed E-state index contributed by atoms with van der Waals surface area (Å²) in [6.45, 7) is 2.51. The fourth-order valence-electron chi connectivity index (χ4n) is 4.14. The minimum atomic E-state index is -2.48. The number of H-pyrrole nitrogens is 1. The van der Waals surface area contributed by atoms with Gasteiger partial charge >= 0.3 is 0 Å². The van der Waals surface area contributed by atoms with E-state index in [9.17, 15) is 18.0 Å². The van der Waals surface area contributed by atoms with Crippen molar-refractivity contribution in [3.63, 3.8) is 0 Å². The Morgan fingerprint density at radius 2 is 1.86 bits per heavy atom. The van der Waals surface area contributed by atoms with Gasteiger partial charge in [0.15, 0.2) is 0 Å². The monoisotopic (exact) mass is 493 g/mol. The molecule has 0 radical (unpaired) electrons. The molecule has 0 saturated carbocycles. The van der Waals surface area contributed by atoms with Crippen LogP contribution in [0.25, 0.3) is 0 Å². The first-order valence-corrected chi connectivity index (χ1v) is 12.7. The van der Waals surface area contributed by atoms with Crippen molar-refractivity contribution in [1.82, 2.24) is 15.0 Å². The van der Waals surface area contributed by atoms with Crippen LogP contribution in [-0.2, 0) is 27.8 Å². The first-order chi connectivity index (χ1) is 17.0.